The second kappa shape index (κ2) is 5.63. The minimum absolute atomic E-state index is 0.0485. The third kappa shape index (κ3) is 4.62. The van der Waals surface area contributed by atoms with Crippen LogP contribution in [-0.2, 0) is 6.18 Å². The number of hydrogen-bond acceptors (Lipinski definition) is 2. The van der Waals surface area contributed by atoms with Crippen LogP contribution in [-0.4, -0.2) is 13.0 Å². The molecule has 0 aromatic heterocycles. The molecule has 0 aliphatic carbocycles. The minimum atomic E-state index is -5.10. The Bertz CT molecular complexity index is 455. The van der Waals surface area contributed by atoms with Gasteiger partial charge in [0.1, 0.15) is 5.56 Å². The molecule has 19 heavy (non-hydrogen) atoms. The summed E-state index contributed by atoms with van der Waals surface area (Å²) in [6, 6.07) is 1.52. The Kier molecular flexibility index (Phi) is 4.80. The molecule has 0 saturated heterocycles. The molecule has 0 heterocycles. The molecule has 0 aliphatic rings. The fourth-order valence-corrected chi connectivity index (χ4v) is 1.87. The fraction of sp³-hybridized carbons (Fsp3) is 0.400. The van der Waals surface area contributed by atoms with Gasteiger partial charge >= 0.3 is 12.5 Å². The maximum atomic E-state index is 12.7. The van der Waals surface area contributed by atoms with Crippen molar-refractivity contribution >= 4 is 22.6 Å². The summed E-state index contributed by atoms with van der Waals surface area (Å²) in [7, 11) is 0. The van der Waals surface area contributed by atoms with Gasteiger partial charge in [-0.15, -0.1) is 13.2 Å². The summed E-state index contributed by atoms with van der Waals surface area (Å²) in [4.78, 5) is 0. The molecule has 2 nitrogen and oxygen atoms in total. The van der Waals surface area contributed by atoms with Crippen molar-refractivity contribution in [1.82, 2.24) is 0 Å². The molecule has 0 spiro atoms. The van der Waals surface area contributed by atoms with Gasteiger partial charge in [-0.25, -0.2) is 0 Å². The number of rotatable bonds is 3. The molecule has 1 aromatic carbocycles. The first-order chi connectivity index (χ1) is 8.54. The van der Waals surface area contributed by atoms with Crippen LogP contribution in [0.4, 0.5) is 26.3 Å². The molecular weight excluding hydrogens is 393 g/mol. The Morgan fingerprint density at radius 2 is 1.68 bits per heavy atom. The Balaban J connectivity index is 3.40. The SMILES string of the molecule is CCOc1c(OC(F)(F)F)cc(I)cc1C(F)(F)F. The first-order valence-corrected chi connectivity index (χ1v) is 5.91. The van der Waals surface area contributed by atoms with E-state index in [2.05, 4.69) is 9.47 Å². The van der Waals surface area contributed by atoms with Crippen LogP contribution in [0.2, 0.25) is 0 Å². The molecule has 0 aliphatic heterocycles. The molecule has 0 amide bonds. The lowest BCUT2D eigenvalue weighted by molar-refractivity contribution is -0.275. The van der Waals surface area contributed by atoms with Crippen molar-refractivity contribution in [2.45, 2.75) is 19.5 Å². The predicted molar refractivity (Wildman–Crippen MR) is 62.0 cm³/mol. The maximum absolute atomic E-state index is 12.7. The highest BCUT2D eigenvalue weighted by molar-refractivity contribution is 14.1. The quantitative estimate of drug-likeness (QED) is 0.545. The molecular formula is C10H7F6IO2. The van der Waals surface area contributed by atoms with Crippen LogP contribution < -0.4 is 9.47 Å². The molecule has 9 heteroatoms. The zero-order chi connectivity index (χ0) is 14.8. The van der Waals surface area contributed by atoms with E-state index < -0.39 is 29.6 Å². The van der Waals surface area contributed by atoms with Gasteiger partial charge in [0, 0.05) is 3.57 Å². The van der Waals surface area contributed by atoms with E-state index >= 15 is 0 Å². The van der Waals surface area contributed by atoms with Crippen molar-refractivity contribution < 1.29 is 35.8 Å². The van der Waals surface area contributed by atoms with Crippen molar-refractivity contribution in [3.05, 3.63) is 21.3 Å². The summed E-state index contributed by atoms with van der Waals surface area (Å²) in [5.74, 6) is -1.97. The monoisotopic (exact) mass is 400 g/mol. The van der Waals surface area contributed by atoms with Gasteiger partial charge in [-0.3, -0.25) is 0 Å². The third-order valence-corrected chi connectivity index (χ3v) is 2.46. The first-order valence-electron chi connectivity index (χ1n) is 4.84. The van der Waals surface area contributed by atoms with Crippen molar-refractivity contribution in [3.8, 4) is 11.5 Å². The molecule has 0 atom stereocenters. The Labute approximate surface area is 117 Å². The van der Waals surface area contributed by atoms with Crippen LogP contribution in [0.15, 0.2) is 12.1 Å². The molecule has 108 valence electrons. The average Bonchev–Trinajstić information content (AvgIpc) is 2.17. The van der Waals surface area contributed by atoms with E-state index in [1.807, 2.05) is 0 Å². The standard InChI is InChI=1S/C10H7F6IO2/c1-2-18-8-6(9(11,12)13)3-5(17)4-7(8)19-10(14,15)16/h3-4H,2H2,1H3. The number of hydrogen-bond donors (Lipinski definition) is 0. The second-order valence-corrected chi connectivity index (χ2v) is 4.50. The molecule has 1 rings (SSSR count). The second-order valence-electron chi connectivity index (χ2n) is 3.26. The molecule has 0 saturated carbocycles. The lowest BCUT2D eigenvalue weighted by Gasteiger charge is -2.18. The number of ether oxygens (including phenoxy) is 2. The molecule has 0 bridgehead atoms. The zero-order valence-electron chi connectivity index (χ0n) is 9.32. The Morgan fingerprint density at radius 3 is 2.11 bits per heavy atom. The normalized spacial score (nSPS) is 12.4. The highest BCUT2D eigenvalue weighted by atomic mass is 127. The van der Waals surface area contributed by atoms with E-state index in [0.29, 0.717) is 6.07 Å². The summed E-state index contributed by atoms with van der Waals surface area (Å²) in [6.07, 6.45) is -9.94. The lowest BCUT2D eigenvalue weighted by atomic mass is 10.2. The van der Waals surface area contributed by atoms with Gasteiger partial charge in [0.2, 0.25) is 0 Å². The van der Waals surface area contributed by atoms with Crippen LogP contribution >= 0.6 is 22.6 Å². The van der Waals surface area contributed by atoms with Crippen LogP contribution in [0.3, 0.4) is 0 Å². The third-order valence-electron chi connectivity index (χ3n) is 1.84. The van der Waals surface area contributed by atoms with Crippen LogP contribution in [0.25, 0.3) is 0 Å². The van der Waals surface area contributed by atoms with Crippen LogP contribution in [0.1, 0.15) is 12.5 Å². The highest BCUT2D eigenvalue weighted by Gasteiger charge is 2.39. The van der Waals surface area contributed by atoms with Crippen molar-refractivity contribution in [2.75, 3.05) is 6.61 Å². The smallest absolute Gasteiger partial charge is 0.489 e. The van der Waals surface area contributed by atoms with Gasteiger partial charge in [0.05, 0.1) is 6.61 Å². The van der Waals surface area contributed by atoms with Crippen LogP contribution in [0, 0.1) is 3.57 Å². The Hall–Kier alpha value is -0.870. The van der Waals surface area contributed by atoms with E-state index in [0.717, 1.165) is 6.07 Å². The Morgan fingerprint density at radius 1 is 1.11 bits per heavy atom. The predicted octanol–water partition coefficient (Wildman–Crippen LogP) is 4.61. The van der Waals surface area contributed by atoms with Crippen molar-refractivity contribution in [2.24, 2.45) is 0 Å². The summed E-state index contributed by atoms with van der Waals surface area (Å²) < 4.78 is 82.9. The van der Waals surface area contributed by atoms with Gasteiger partial charge in [0.15, 0.2) is 11.5 Å². The van der Waals surface area contributed by atoms with E-state index in [1.165, 1.54) is 29.5 Å². The molecule has 0 unspecified atom stereocenters. The van der Waals surface area contributed by atoms with Crippen molar-refractivity contribution in [1.29, 1.82) is 0 Å². The average molecular weight is 400 g/mol. The number of halogens is 7. The molecule has 0 radical (unpaired) electrons. The van der Waals surface area contributed by atoms with Gasteiger partial charge in [-0.05, 0) is 41.6 Å². The van der Waals surface area contributed by atoms with E-state index in [4.69, 9.17) is 0 Å². The zero-order valence-corrected chi connectivity index (χ0v) is 11.5. The largest absolute Gasteiger partial charge is 0.573 e. The maximum Gasteiger partial charge on any atom is 0.573 e. The summed E-state index contributed by atoms with van der Waals surface area (Å²) >= 11 is 1.46. The van der Waals surface area contributed by atoms with E-state index in [-0.39, 0.29) is 10.2 Å². The summed E-state index contributed by atoms with van der Waals surface area (Å²) in [5.41, 5.74) is -1.31. The summed E-state index contributed by atoms with van der Waals surface area (Å²) in [6.45, 7) is 1.13. The molecule has 1 aromatic rings. The van der Waals surface area contributed by atoms with Gasteiger partial charge in [-0.2, -0.15) is 13.2 Å². The van der Waals surface area contributed by atoms with Crippen LogP contribution in [0.5, 0.6) is 11.5 Å². The topological polar surface area (TPSA) is 18.5 Å². The number of benzene rings is 1. The highest BCUT2D eigenvalue weighted by Crippen LogP contribution is 2.44. The van der Waals surface area contributed by atoms with Crippen molar-refractivity contribution in [3.63, 3.8) is 0 Å². The molecule has 0 N–H and O–H groups in total. The van der Waals surface area contributed by atoms with Gasteiger partial charge < -0.3 is 9.47 Å². The fourth-order valence-electron chi connectivity index (χ4n) is 1.27. The lowest BCUT2D eigenvalue weighted by Crippen LogP contribution is -2.19. The first kappa shape index (κ1) is 16.2. The summed E-state index contributed by atoms with van der Waals surface area (Å²) in [5, 5.41) is 0. The van der Waals surface area contributed by atoms with E-state index in [1.54, 1.807) is 0 Å². The minimum Gasteiger partial charge on any atom is -0.489 e. The molecule has 0 fully saturated rings. The van der Waals surface area contributed by atoms with Gasteiger partial charge in [0.25, 0.3) is 0 Å². The number of alkyl halides is 6. The van der Waals surface area contributed by atoms with Gasteiger partial charge in [-0.1, -0.05) is 0 Å². The van der Waals surface area contributed by atoms with E-state index in [9.17, 15) is 26.3 Å².